The summed E-state index contributed by atoms with van der Waals surface area (Å²) in [5.41, 5.74) is 0.591. The number of hydrogen-bond donors (Lipinski definition) is 0. The minimum atomic E-state index is 0.240. The van der Waals surface area contributed by atoms with Gasteiger partial charge in [-0.3, -0.25) is 0 Å². The quantitative estimate of drug-likeness (QED) is 0.806. The van der Waals surface area contributed by atoms with Gasteiger partial charge < -0.3 is 14.4 Å². The zero-order valence-electron chi connectivity index (χ0n) is 13.0. The molecule has 0 atom stereocenters. The fourth-order valence-corrected chi connectivity index (χ4v) is 2.65. The number of ether oxygens (including phenoxy) is 2. The summed E-state index contributed by atoms with van der Waals surface area (Å²) >= 11 is 0. The van der Waals surface area contributed by atoms with Crippen LogP contribution < -0.4 is 9.47 Å². The summed E-state index contributed by atoms with van der Waals surface area (Å²) in [6, 6.07) is 7.45. The molecule has 0 amide bonds. The molecule has 0 N–H and O–H groups in total. The standard InChI is InChI=1S/C17H24N2O2/c1-3-4-9-19-10-7-15(8-11-19)21-16-6-5-14(13-18)12-17(16)20-2/h5-6,12,15H,3-4,7-11H2,1-2H3. The lowest BCUT2D eigenvalue weighted by atomic mass is 10.1. The highest BCUT2D eigenvalue weighted by Crippen LogP contribution is 2.30. The molecule has 0 saturated carbocycles. The SMILES string of the molecule is CCCCN1CCC(Oc2ccc(C#N)cc2OC)CC1. The van der Waals surface area contributed by atoms with Gasteiger partial charge in [0, 0.05) is 19.2 Å². The third-order valence-electron chi connectivity index (χ3n) is 3.95. The average molecular weight is 288 g/mol. The molecule has 0 spiro atoms. The number of unbranched alkanes of at least 4 members (excludes halogenated alkanes) is 1. The molecule has 0 unspecified atom stereocenters. The van der Waals surface area contributed by atoms with Crippen LogP contribution in [0.15, 0.2) is 18.2 Å². The fraction of sp³-hybridized carbons (Fsp3) is 0.588. The first kappa shape index (κ1) is 15.7. The van der Waals surface area contributed by atoms with E-state index in [1.54, 1.807) is 19.2 Å². The summed E-state index contributed by atoms with van der Waals surface area (Å²) in [4.78, 5) is 2.51. The van der Waals surface area contributed by atoms with Gasteiger partial charge in [-0.15, -0.1) is 0 Å². The van der Waals surface area contributed by atoms with Crippen LogP contribution in [0, 0.1) is 11.3 Å². The monoisotopic (exact) mass is 288 g/mol. The van der Waals surface area contributed by atoms with Gasteiger partial charge in [0.05, 0.1) is 18.7 Å². The van der Waals surface area contributed by atoms with Crippen molar-refractivity contribution < 1.29 is 9.47 Å². The molecular formula is C17H24N2O2. The summed E-state index contributed by atoms with van der Waals surface area (Å²) in [6.07, 6.45) is 4.86. The largest absolute Gasteiger partial charge is 0.493 e. The van der Waals surface area contributed by atoms with E-state index in [1.807, 2.05) is 6.07 Å². The van der Waals surface area contributed by atoms with Gasteiger partial charge in [-0.25, -0.2) is 0 Å². The van der Waals surface area contributed by atoms with Crippen LogP contribution in [0.1, 0.15) is 38.2 Å². The lowest BCUT2D eigenvalue weighted by molar-refractivity contribution is 0.0973. The number of nitrogens with zero attached hydrogens (tertiary/aromatic N) is 2. The highest BCUT2D eigenvalue weighted by Gasteiger charge is 2.21. The van der Waals surface area contributed by atoms with Crippen LogP contribution in [-0.2, 0) is 0 Å². The molecule has 2 rings (SSSR count). The molecular weight excluding hydrogens is 264 g/mol. The van der Waals surface area contributed by atoms with E-state index < -0.39 is 0 Å². The van der Waals surface area contributed by atoms with Crippen LogP contribution in [0.3, 0.4) is 0 Å². The molecule has 114 valence electrons. The van der Waals surface area contributed by atoms with Crippen molar-refractivity contribution in [1.82, 2.24) is 4.90 Å². The molecule has 1 aliphatic rings. The second-order valence-electron chi connectivity index (χ2n) is 5.49. The van der Waals surface area contributed by atoms with Crippen LogP contribution in [0.25, 0.3) is 0 Å². The highest BCUT2D eigenvalue weighted by atomic mass is 16.5. The lowest BCUT2D eigenvalue weighted by Crippen LogP contribution is -2.38. The fourth-order valence-electron chi connectivity index (χ4n) is 2.65. The Balaban J connectivity index is 1.90. The molecule has 1 aliphatic heterocycles. The van der Waals surface area contributed by atoms with Crippen LogP contribution in [0.2, 0.25) is 0 Å². The maximum Gasteiger partial charge on any atom is 0.162 e. The molecule has 1 heterocycles. The maximum absolute atomic E-state index is 8.92. The van der Waals surface area contributed by atoms with E-state index >= 15 is 0 Å². The third kappa shape index (κ3) is 4.37. The minimum Gasteiger partial charge on any atom is -0.493 e. The van der Waals surface area contributed by atoms with Gasteiger partial charge in [0.1, 0.15) is 6.10 Å². The molecule has 1 aromatic rings. The Morgan fingerprint density at radius 1 is 1.29 bits per heavy atom. The number of rotatable bonds is 6. The Kier molecular flexibility index (Phi) is 5.89. The molecule has 1 saturated heterocycles. The van der Waals surface area contributed by atoms with Crippen molar-refractivity contribution in [3.8, 4) is 17.6 Å². The van der Waals surface area contributed by atoms with Crippen LogP contribution in [0.5, 0.6) is 11.5 Å². The molecule has 1 aromatic carbocycles. The Hall–Kier alpha value is -1.73. The molecule has 4 nitrogen and oxygen atoms in total. The van der Waals surface area contributed by atoms with Gasteiger partial charge in [0.2, 0.25) is 0 Å². The van der Waals surface area contributed by atoms with E-state index in [-0.39, 0.29) is 6.10 Å². The number of benzene rings is 1. The normalized spacial score (nSPS) is 16.4. The van der Waals surface area contributed by atoms with E-state index in [4.69, 9.17) is 14.7 Å². The highest BCUT2D eigenvalue weighted by molar-refractivity contribution is 5.46. The topological polar surface area (TPSA) is 45.5 Å². The number of piperidine rings is 1. The third-order valence-corrected chi connectivity index (χ3v) is 3.95. The van der Waals surface area contributed by atoms with E-state index in [0.717, 1.165) is 31.7 Å². The van der Waals surface area contributed by atoms with E-state index in [9.17, 15) is 0 Å². The van der Waals surface area contributed by atoms with Crippen LogP contribution in [-0.4, -0.2) is 37.7 Å². The number of hydrogen-bond acceptors (Lipinski definition) is 4. The van der Waals surface area contributed by atoms with Gasteiger partial charge in [0.25, 0.3) is 0 Å². The molecule has 0 aromatic heterocycles. The van der Waals surface area contributed by atoms with E-state index in [0.29, 0.717) is 11.3 Å². The molecule has 0 bridgehead atoms. The Morgan fingerprint density at radius 3 is 2.67 bits per heavy atom. The predicted octanol–water partition coefficient (Wildman–Crippen LogP) is 3.21. The second-order valence-corrected chi connectivity index (χ2v) is 5.49. The van der Waals surface area contributed by atoms with Crippen molar-refractivity contribution in [3.05, 3.63) is 23.8 Å². The van der Waals surface area contributed by atoms with Gasteiger partial charge >= 0.3 is 0 Å². The van der Waals surface area contributed by atoms with Gasteiger partial charge in [0.15, 0.2) is 11.5 Å². The number of methoxy groups -OCH3 is 1. The smallest absolute Gasteiger partial charge is 0.162 e. The zero-order chi connectivity index (χ0) is 15.1. The van der Waals surface area contributed by atoms with Crippen molar-refractivity contribution in [3.63, 3.8) is 0 Å². The summed E-state index contributed by atoms with van der Waals surface area (Å²) < 4.78 is 11.4. The Bertz CT molecular complexity index is 488. The van der Waals surface area contributed by atoms with Crippen molar-refractivity contribution in [1.29, 1.82) is 5.26 Å². The van der Waals surface area contributed by atoms with Gasteiger partial charge in [-0.05, 0) is 37.9 Å². The Morgan fingerprint density at radius 2 is 2.05 bits per heavy atom. The van der Waals surface area contributed by atoms with Crippen molar-refractivity contribution in [2.45, 2.75) is 38.7 Å². The first-order valence-corrected chi connectivity index (χ1v) is 7.74. The first-order chi connectivity index (χ1) is 10.3. The summed E-state index contributed by atoms with van der Waals surface area (Å²) in [5, 5.41) is 8.92. The van der Waals surface area contributed by atoms with Crippen molar-refractivity contribution in [2.24, 2.45) is 0 Å². The molecule has 4 heteroatoms. The summed E-state index contributed by atoms with van der Waals surface area (Å²) in [7, 11) is 1.61. The van der Waals surface area contributed by atoms with Crippen molar-refractivity contribution in [2.75, 3.05) is 26.7 Å². The van der Waals surface area contributed by atoms with E-state index in [1.165, 1.54) is 19.4 Å². The number of likely N-dealkylation sites (tertiary alicyclic amines) is 1. The Labute approximate surface area is 127 Å². The first-order valence-electron chi connectivity index (χ1n) is 7.74. The predicted molar refractivity (Wildman–Crippen MR) is 82.7 cm³/mol. The summed E-state index contributed by atoms with van der Waals surface area (Å²) in [5.74, 6) is 1.38. The number of nitriles is 1. The average Bonchev–Trinajstić information content (AvgIpc) is 2.54. The molecule has 21 heavy (non-hydrogen) atoms. The van der Waals surface area contributed by atoms with Crippen LogP contribution >= 0.6 is 0 Å². The van der Waals surface area contributed by atoms with Crippen molar-refractivity contribution >= 4 is 0 Å². The van der Waals surface area contributed by atoms with Gasteiger partial charge in [-0.1, -0.05) is 13.3 Å². The maximum atomic E-state index is 8.92. The zero-order valence-corrected chi connectivity index (χ0v) is 13.0. The second kappa shape index (κ2) is 7.90. The lowest BCUT2D eigenvalue weighted by Gasteiger charge is -2.32. The molecule has 1 fully saturated rings. The molecule has 0 radical (unpaired) electrons. The summed E-state index contributed by atoms with van der Waals surface area (Å²) in [6.45, 7) is 5.63. The van der Waals surface area contributed by atoms with Crippen LogP contribution in [0.4, 0.5) is 0 Å². The van der Waals surface area contributed by atoms with Gasteiger partial charge in [-0.2, -0.15) is 5.26 Å². The minimum absolute atomic E-state index is 0.240. The molecule has 0 aliphatic carbocycles. The van der Waals surface area contributed by atoms with E-state index in [2.05, 4.69) is 17.9 Å².